The van der Waals surface area contributed by atoms with Crippen molar-refractivity contribution in [1.29, 1.82) is 0 Å². The maximum atomic E-state index is 12.9. The van der Waals surface area contributed by atoms with Crippen LogP contribution in [-0.4, -0.2) is 18.1 Å². The first-order chi connectivity index (χ1) is 8.48. The molecular weight excluding hydrogens is 309 g/mol. The zero-order valence-corrected chi connectivity index (χ0v) is 11.3. The molecule has 0 spiro atoms. The van der Waals surface area contributed by atoms with E-state index >= 15 is 0 Å². The van der Waals surface area contributed by atoms with Gasteiger partial charge in [-0.15, -0.1) is 0 Å². The summed E-state index contributed by atoms with van der Waals surface area (Å²) < 4.78 is 39.1. The number of alkyl halides is 3. The molecule has 1 N–H and O–H groups in total. The Morgan fingerprint density at radius 2 is 1.78 bits per heavy atom. The summed E-state index contributed by atoms with van der Waals surface area (Å²) in [6, 6.07) is 4.10. The third kappa shape index (κ3) is 3.17. The van der Waals surface area contributed by atoms with Gasteiger partial charge in [-0.05, 0) is 40.9 Å². The van der Waals surface area contributed by atoms with Crippen molar-refractivity contribution in [2.24, 2.45) is 0 Å². The number of nitrogens with zero attached hydrogens (tertiary/aromatic N) is 1. The van der Waals surface area contributed by atoms with Gasteiger partial charge in [-0.1, -0.05) is 12.5 Å². The number of halogens is 4. The van der Waals surface area contributed by atoms with E-state index in [0.717, 1.165) is 38.4 Å². The molecule has 18 heavy (non-hydrogen) atoms. The van der Waals surface area contributed by atoms with Crippen LogP contribution in [0.5, 0.6) is 0 Å². The lowest BCUT2D eigenvalue weighted by Crippen LogP contribution is -2.35. The summed E-state index contributed by atoms with van der Waals surface area (Å²) in [4.78, 5) is 0. The summed E-state index contributed by atoms with van der Waals surface area (Å²) >= 11 is 3.18. The number of benzene rings is 1. The highest BCUT2D eigenvalue weighted by Gasteiger charge is 2.34. The van der Waals surface area contributed by atoms with E-state index in [-0.39, 0.29) is 5.69 Å². The van der Waals surface area contributed by atoms with E-state index in [0.29, 0.717) is 4.47 Å². The van der Waals surface area contributed by atoms with E-state index in [2.05, 4.69) is 21.4 Å². The maximum absolute atomic E-state index is 12.9. The van der Waals surface area contributed by atoms with Gasteiger partial charge in [0.15, 0.2) is 0 Å². The van der Waals surface area contributed by atoms with Gasteiger partial charge in [0, 0.05) is 17.6 Å². The summed E-state index contributed by atoms with van der Waals surface area (Å²) in [5.74, 6) is 0. The number of piperidine rings is 1. The van der Waals surface area contributed by atoms with Gasteiger partial charge < -0.3 is 5.43 Å². The molecule has 1 fully saturated rings. The molecule has 1 aliphatic rings. The molecule has 1 aromatic rings. The van der Waals surface area contributed by atoms with Crippen LogP contribution in [0.2, 0.25) is 0 Å². The molecule has 0 unspecified atom stereocenters. The summed E-state index contributed by atoms with van der Waals surface area (Å²) in [5, 5.41) is 1.85. The summed E-state index contributed by atoms with van der Waals surface area (Å²) in [5.41, 5.74) is 2.36. The van der Waals surface area contributed by atoms with E-state index in [9.17, 15) is 13.2 Å². The first-order valence-electron chi connectivity index (χ1n) is 5.86. The Hall–Kier alpha value is -0.750. The van der Waals surface area contributed by atoms with Crippen molar-refractivity contribution in [3.8, 4) is 0 Å². The fourth-order valence-electron chi connectivity index (χ4n) is 2.04. The van der Waals surface area contributed by atoms with Gasteiger partial charge in [-0.3, -0.25) is 0 Å². The van der Waals surface area contributed by atoms with Crippen LogP contribution in [0.15, 0.2) is 22.7 Å². The number of nitrogens with one attached hydrogen (secondary N) is 1. The molecular formula is C12H14BrF3N2. The van der Waals surface area contributed by atoms with Crippen LogP contribution < -0.4 is 5.43 Å². The molecule has 6 heteroatoms. The Labute approximate surface area is 112 Å². The van der Waals surface area contributed by atoms with Crippen molar-refractivity contribution >= 4 is 21.6 Å². The lowest BCUT2D eigenvalue weighted by Gasteiger charge is -2.29. The molecule has 1 aliphatic heterocycles. The fraction of sp³-hybridized carbons (Fsp3) is 0.500. The number of rotatable bonds is 2. The minimum atomic E-state index is -4.35. The molecule has 2 nitrogen and oxygen atoms in total. The SMILES string of the molecule is FC(F)(F)c1cccc(Br)c1NN1CCCCC1. The first-order valence-corrected chi connectivity index (χ1v) is 6.65. The quantitative estimate of drug-likeness (QED) is 0.874. The molecule has 0 amide bonds. The number of hydrogen-bond donors (Lipinski definition) is 1. The van der Waals surface area contributed by atoms with Crippen LogP contribution >= 0.6 is 15.9 Å². The first kappa shape index (κ1) is 13.7. The molecule has 100 valence electrons. The molecule has 1 saturated heterocycles. The zero-order valence-electron chi connectivity index (χ0n) is 9.73. The maximum Gasteiger partial charge on any atom is 0.418 e. The lowest BCUT2D eigenvalue weighted by molar-refractivity contribution is -0.137. The molecule has 1 heterocycles. The Balaban J connectivity index is 2.25. The van der Waals surface area contributed by atoms with Crippen LogP contribution in [0.1, 0.15) is 24.8 Å². The van der Waals surface area contributed by atoms with E-state index in [1.807, 2.05) is 5.01 Å². The van der Waals surface area contributed by atoms with Crippen LogP contribution in [-0.2, 0) is 6.18 Å². The number of para-hydroxylation sites is 1. The number of hydrazine groups is 1. The molecule has 0 atom stereocenters. The Bertz CT molecular complexity index is 414. The van der Waals surface area contributed by atoms with Gasteiger partial charge in [0.05, 0.1) is 11.3 Å². The summed E-state index contributed by atoms with van der Waals surface area (Å²) in [6.45, 7) is 1.55. The van der Waals surface area contributed by atoms with Gasteiger partial charge in [0.2, 0.25) is 0 Å². The second kappa shape index (κ2) is 5.48. The Morgan fingerprint density at radius 1 is 1.11 bits per heavy atom. The van der Waals surface area contributed by atoms with Gasteiger partial charge in [0.1, 0.15) is 0 Å². The van der Waals surface area contributed by atoms with Crippen molar-refractivity contribution in [3.05, 3.63) is 28.2 Å². The summed E-state index contributed by atoms with van der Waals surface area (Å²) in [6.07, 6.45) is -1.18. The molecule has 0 aromatic heterocycles. The summed E-state index contributed by atoms with van der Waals surface area (Å²) in [7, 11) is 0. The van der Waals surface area contributed by atoms with Crippen molar-refractivity contribution in [2.75, 3.05) is 18.5 Å². The minimum absolute atomic E-state index is 0.104. The predicted octanol–water partition coefficient (Wildman–Crippen LogP) is 4.28. The molecule has 0 radical (unpaired) electrons. The van der Waals surface area contributed by atoms with Crippen LogP contribution in [0, 0.1) is 0 Å². The highest BCUT2D eigenvalue weighted by atomic mass is 79.9. The van der Waals surface area contributed by atoms with Crippen molar-refractivity contribution in [1.82, 2.24) is 5.01 Å². The van der Waals surface area contributed by atoms with Crippen LogP contribution in [0.4, 0.5) is 18.9 Å². The van der Waals surface area contributed by atoms with E-state index < -0.39 is 11.7 Å². The third-order valence-corrected chi connectivity index (χ3v) is 3.61. The normalized spacial score (nSPS) is 17.8. The molecule has 2 rings (SSSR count). The Kier molecular flexibility index (Phi) is 4.17. The molecule has 1 aromatic carbocycles. The van der Waals surface area contributed by atoms with Gasteiger partial charge in [-0.2, -0.15) is 13.2 Å². The van der Waals surface area contributed by atoms with Crippen LogP contribution in [0.25, 0.3) is 0 Å². The van der Waals surface area contributed by atoms with E-state index in [1.54, 1.807) is 6.07 Å². The number of anilines is 1. The van der Waals surface area contributed by atoms with Gasteiger partial charge in [-0.25, -0.2) is 5.01 Å². The zero-order chi connectivity index (χ0) is 13.2. The Morgan fingerprint density at radius 3 is 2.39 bits per heavy atom. The predicted molar refractivity (Wildman–Crippen MR) is 68.2 cm³/mol. The van der Waals surface area contributed by atoms with Crippen LogP contribution in [0.3, 0.4) is 0 Å². The minimum Gasteiger partial charge on any atom is -0.317 e. The second-order valence-corrected chi connectivity index (χ2v) is 5.17. The number of hydrogen-bond acceptors (Lipinski definition) is 2. The molecule has 0 bridgehead atoms. The highest BCUT2D eigenvalue weighted by molar-refractivity contribution is 9.10. The average Bonchev–Trinajstić information content (AvgIpc) is 2.32. The fourth-order valence-corrected chi connectivity index (χ4v) is 2.49. The topological polar surface area (TPSA) is 15.3 Å². The largest absolute Gasteiger partial charge is 0.418 e. The molecule has 0 aliphatic carbocycles. The second-order valence-electron chi connectivity index (χ2n) is 4.32. The van der Waals surface area contributed by atoms with Gasteiger partial charge >= 0.3 is 6.18 Å². The highest BCUT2D eigenvalue weighted by Crippen LogP contribution is 2.38. The van der Waals surface area contributed by atoms with Gasteiger partial charge in [0.25, 0.3) is 0 Å². The van der Waals surface area contributed by atoms with E-state index in [1.165, 1.54) is 6.07 Å². The monoisotopic (exact) mass is 322 g/mol. The van der Waals surface area contributed by atoms with E-state index in [4.69, 9.17) is 0 Å². The lowest BCUT2D eigenvalue weighted by atomic mass is 10.1. The third-order valence-electron chi connectivity index (χ3n) is 2.94. The van der Waals surface area contributed by atoms with Crippen molar-refractivity contribution in [2.45, 2.75) is 25.4 Å². The standard InChI is InChI=1S/C12H14BrF3N2/c13-10-6-4-5-9(12(14,15)16)11(10)17-18-7-2-1-3-8-18/h4-6,17H,1-3,7-8H2. The average molecular weight is 323 g/mol. The smallest absolute Gasteiger partial charge is 0.317 e. The van der Waals surface area contributed by atoms with Crippen molar-refractivity contribution < 1.29 is 13.2 Å². The molecule has 0 saturated carbocycles. The van der Waals surface area contributed by atoms with Crippen molar-refractivity contribution in [3.63, 3.8) is 0 Å².